The van der Waals surface area contributed by atoms with Crippen molar-refractivity contribution in [3.63, 3.8) is 0 Å². The van der Waals surface area contributed by atoms with E-state index in [2.05, 4.69) is 31.9 Å². The molecule has 11 nitrogen and oxygen atoms in total. The molecule has 6 aromatic carbocycles. The summed E-state index contributed by atoms with van der Waals surface area (Å²) in [6.07, 6.45) is 0. The van der Waals surface area contributed by atoms with E-state index in [1.807, 2.05) is 27.7 Å². The zero-order valence-electron chi connectivity index (χ0n) is 35.5. The summed E-state index contributed by atoms with van der Waals surface area (Å²) in [7, 11) is 0. The molecule has 0 aromatic heterocycles. The number of anilines is 2. The van der Waals surface area contributed by atoms with E-state index >= 15 is 0 Å². The van der Waals surface area contributed by atoms with Gasteiger partial charge in [0.05, 0.1) is 19.0 Å². The summed E-state index contributed by atoms with van der Waals surface area (Å²) in [6, 6.07) is 28.2. The quantitative estimate of drug-likeness (QED) is 0.0805. The van der Waals surface area contributed by atoms with Gasteiger partial charge in [-0.15, -0.1) is 0 Å². The summed E-state index contributed by atoms with van der Waals surface area (Å²) in [5, 5.41) is 20.9. The Kier molecular flexibility index (Phi) is 15.9. The molecule has 0 unspecified atom stereocenters. The van der Waals surface area contributed by atoms with Gasteiger partial charge in [-0.1, -0.05) is 80.7 Å². The fourth-order valence-corrected chi connectivity index (χ4v) is 8.67. The number of nitrogens with zero attached hydrogens (tertiary/aromatic N) is 2. The minimum absolute atomic E-state index is 0.0182. The number of carbonyl (C=O) groups excluding carboxylic acids is 4. The number of carbonyl (C=O) groups is 4. The van der Waals surface area contributed by atoms with Crippen LogP contribution in [0, 0.1) is 6.92 Å². The van der Waals surface area contributed by atoms with E-state index in [-0.39, 0.29) is 61.6 Å². The van der Waals surface area contributed by atoms with Crippen LogP contribution in [0.1, 0.15) is 76.9 Å². The second kappa shape index (κ2) is 21.2. The highest BCUT2D eigenvalue weighted by Gasteiger charge is 2.29. The molecule has 0 radical (unpaired) electrons. The SMILES string of the molecule is Cc1ccccc1C(=O)N(CC(=O)OC(=O)CN(C(=O)c1ccc(Cl)cc1)c1cc(Cl)c(Oc2ccc(O)c(C(C)C)c2)c(Cl)c1)c1cc(Br)c(Oc2ccc(O)c(C(C)C)c2)c(Br)c1. The van der Waals surface area contributed by atoms with Gasteiger partial charge >= 0.3 is 11.9 Å². The number of amides is 2. The summed E-state index contributed by atoms with van der Waals surface area (Å²) in [5.74, 6) is -2.08. The predicted molar refractivity (Wildman–Crippen MR) is 260 cm³/mol. The van der Waals surface area contributed by atoms with Gasteiger partial charge in [0.2, 0.25) is 0 Å². The minimum Gasteiger partial charge on any atom is -0.508 e. The molecule has 0 spiro atoms. The molecular weight excluding hydrogens is 1030 g/mol. The average Bonchev–Trinajstić information content (AvgIpc) is 3.25. The molecule has 0 bridgehead atoms. The molecule has 2 amide bonds. The maximum atomic E-state index is 14.3. The number of phenols is 2. The first-order chi connectivity index (χ1) is 30.8. The lowest BCUT2D eigenvalue weighted by Crippen LogP contribution is -2.40. The second-order valence-electron chi connectivity index (χ2n) is 15.4. The second-order valence-corrected chi connectivity index (χ2v) is 18.3. The summed E-state index contributed by atoms with van der Waals surface area (Å²) in [4.78, 5) is 58.0. The van der Waals surface area contributed by atoms with Crippen molar-refractivity contribution in [2.45, 2.75) is 46.5 Å². The molecule has 16 heteroatoms. The molecule has 65 heavy (non-hydrogen) atoms. The monoisotopic (exact) mass is 1060 g/mol. The fraction of sp³-hybridized carbons (Fsp3) is 0.184. The third-order valence-electron chi connectivity index (χ3n) is 10.0. The van der Waals surface area contributed by atoms with Crippen LogP contribution < -0.4 is 19.3 Å². The molecule has 0 saturated heterocycles. The third kappa shape index (κ3) is 11.8. The van der Waals surface area contributed by atoms with Crippen LogP contribution in [-0.2, 0) is 14.3 Å². The first kappa shape index (κ1) is 48.9. The first-order valence-electron chi connectivity index (χ1n) is 20.0. The molecule has 0 aliphatic heterocycles. The Hall–Kier alpha value is -5.57. The highest BCUT2D eigenvalue weighted by atomic mass is 79.9. The molecule has 0 atom stereocenters. The Balaban J connectivity index is 1.28. The van der Waals surface area contributed by atoms with Gasteiger partial charge < -0.3 is 24.4 Å². The molecule has 0 aliphatic carbocycles. The van der Waals surface area contributed by atoms with Gasteiger partial charge in [-0.25, -0.2) is 9.59 Å². The predicted octanol–water partition coefficient (Wildman–Crippen LogP) is 13.8. The zero-order chi connectivity index (χ0) is 47.3. The lowest BCUT2D eigenvalue weighted by molar-refractivity contribution is -0.157. The summed E-state index contributed by atoms with van der Waals surface area (Å²) in [5.41, 5.74) is 2.68. The number of ether oxygens (including phenoxy) is 3. The normalized spacial score (nSPS) is 11.1. The molecular formula is C49H41Br2Cl3N2O9. The van der Waals surface area contributed by atoms with Gasteiger partial charge in [-0.3, -0.25) is 19.4 Å². The van der Waals surface area contributed by atoms with Crippen molar-refractivity contribution >= 4 is 102 Å². The first-order valence-corrected chi connectivity index (χ1v) is 22.7. The number of halogens is 5. The van der Waals surface area contributed by atoms with Crippen LogP contribution in [0.15, 0.2) is 118 Å². The topological polar surface area (TPSA) is 143 Å². The number of esters is 2. The van der Waals surface area contributed by atoms with Crippen LogP contribution >= 0.6 is 66.7 Å². The number of hydrogen-bond acceptors (Lipinski definition) is 9. The molecule has 0 fully saturated rings. The largest absolute Gasteiger partial charge is 0.508 e. The zero-order valence-corrected chi connectivity index (χ0v) is 40.9. The molecule has 6 aromatic rings. The van der Waals surface area contributed by atoms with Crippen molar-refractivity contribution in [2.75, 3.05) is 22.9 Å². The van der Waals surface area contributed by atoms with E-state index in [9.17, 15) is 29.4 Å². The summed E-state index contributed by atoms with van der Waals surface area (Å²) < 4.78 is 18.3. The van der Waals surface area contributed by atoms with Crippen molar-refractivity contribution < 1.29 is 43.6 Å². The van der Waals surface area contributed by atoms with Crippen molar-refractivity contribution in [1.29, 1.82) is 0 Å². The van der Waals surface area contributed by atoms with Crippen molar-refractivity contribution in [3.05, 3.63) is 161 Å². The van der Waals surface area contributed by atoms with Gasteiger partial charge in [0, 0.05) is 38.7 Å². The minimum atomic E-state index is -1.14. The molecule has 0 saturated carbocycles. The van der Waals surface area contributed by atoms with Crippen LogP contribution in [-0.4, -0.2) is 47.1 Å². The van der Waals surface area contributed by atoms with E-state index in [1.54, 1.807) is 73.7 Å². The summed E-state index contributed by atoms with van der Waals surface area (Å²) >= 11 is 26.6. The maximum Gasteiger partial charge on any atom is 0.333 e. The van der Waals surface area contributed by atoms with Gasteiger partial charge in [-0.2, -0.15) is 0 Å². The van der Waals surface area contributed by atoms with E-state index in [1.165, 1.54) is 42.5 Å². The van der Waals surface area contributed by atoms with E-state index in [4.69, 9.17) is 49.0 Å². The number of benzene rings is 6. The molecule has 0 heterocycles. The number of aryl methyl sites for hydroxylation is 1. The van der Waals surface area contributed by atoms with Crippen LogP contribution in [0.4, 0.5) is 11.4 Å². The van der Waals surface area contributed by atoms with Crippen molar-refractivity contribution in [2.24, 2.45) is 0 Å². The lowest BCUT2D eigenvalue weighted by Gasteiger charge is -2.25. The van der Waals surface area contributed by atoms with Crippen molar-refractivity contribution in [1.82, 2.24) is 0 Å². The van der Waals surface area contributed by atoms with Crippen LogP contribution in [0.2, 0.25) is 15.1 Å². The summed E-state index contributed by atoms with van der Waals surface area (Å²) in [6.45, 7) is 7.95. The van der Waals surface area contributed by atoms with Gasteiger partial charge in [-0.05, 0) is 147 Å². The molecule has 336 valence electrons. The standard InChI is InChI=1S/C49H41Br2Cl3N2O9/c1-26(2)36-22-33(14-16-42(36)57)63-46-38(50)18-31(19-39(46)51)56(49(62)35-9-7-6-8-28(35)5)25-45(60)65-44(59)24-55(48(61)29-10-12-30(52)13-11-29)32-20-40(53)47(41(54)21-32)64-34-15-17-43(58)37(23-34)27(3)4/h6-23,26-27,57-58H,24-25H2,1-5H3. The molecule has 6 rings (SSSR count). The molecule has 0 aliphatic rings. The highest BCUT2D eigenvalue weighted by molar-refractivity contribution is 9.11. The number of aromatic hydroxyl groups is 2. The van der Waals surface area contributed by atoms with E-state index in [0.717, 1.165) is 9.80 Å². The fourth-order valence-electron chi connectivity index (χ4n) is 6.67. The van der Waals surface area contributed by atoms with Crippen LogP contribution in [0.3, 0.4) is 0 Å². The Morgan fingerprint density at radius 2 is 1.06 bits per heavy atom. The Morgan fingerprint density at radius 3 is 1.55 bits per heavy atom. The van der Waals surface area contributed by atoms with Gasteiger partial charge in [0.15, 0.2) is 11.5 Å². The average molecular weight is 1070 g/mol. The van der Waals surface area contributed by atoms with Crippen LogP contribution in [0.25, 0.3) is 0 Å². The van der Waals surface area contributed by atoms with E-state index in [0.29, 0.717) is 47.9 Å². The number of hydrogen-bond donors (Lipinski definition) is 2. The van der Waals surface area contributed by atoms with Gasteiger partial charge in [0.1, 0.15) is 36.1 Å². The smallest absolute Gasteiger partial charge is 0.333 e. The lowest BCUT2D eigenvalue weighted by atomic mass is 10.0. The van der Waals surface area contributed by atoms with Crippen LogP contribution in [0.5, 0.6) is 34.5 Å². The highest BCUT2D eigenvalue weighted by Crippen LogP contribution is 2.43. The number of phenolic OH excluding ortho intramolecular Hbond substituents is 2. The van der Waals surface area contributed by atoms with Crippen molar-refractivity contribution in [3.8, 4) is 34.5 Å². The Labute approximate surface area is 407 Å². The van der Waals surface area contributed by atoms with E-state index < -0.39 is 36.8 Å². The Bertz CT molecular complexity index is 2760. The third-order valence-corrected chi connectivity index (χ3v) is 12.0. The number of rotatable bonds is 14. The Morgan fingerprint density at radius 1 is 0.600 bits per heavy atom. The van der Waals surface area contributed by atoms with Gasteiger partial charge in [0.25, 0.3) is 11.8 Å². The maximum absolute atomic E-state index is 14.3. The molecule has 2 N–H and O–H groups in total.